The molecule has 0 aromatic carbocycles. The van der Waals surface area contributed by atoms with Crippen molar-refractivity contribution in [1.29, 1.82) is 0 Å². The fourth-order valence-electron chi connectivity index (χ4n) is 1.81. The normalized spacial score (nSPS) is 12.6. The van der Waals surface area contributed by atoms with Crippen LogP contribution in [0.2, 0.25) is 0 Å². The minimum atomic E-state index is 0.387. The summed E-state index contributed by atoms with van der Waals surface area (Å²) in [7, 11) is 2.42. The molecule has 0 aliphatic rings. The lowest BCUT2D eigenvalue weighted by molar-refractivity contribution is 0.332. The fourth-order valence-corrected chi connectivity index (χ4v) is 1.81. The van der Waals surface area contributed by atoms with Crippen molar-refractivity contribution in [1.82, 2.24) is 4.98 Å². The number of pyridine rings is 1. The van der Waals surface area contributed by atoms with Gasteiger partial charge in [0, 0.05) is 17.8 Å². The second kappa shape index (κ2) is 7.79. The first kappa shape index (κ1) is 15.6. The molecule has 2 heteroatoms. The largest absolute Gasteiger partial charge is 0.261 e. The molecular formula is C14H26NP. The van der Waals surface area contributed by atoms with Gasteiger partial charge in [0.1, 0.15) is 0 Å². The molecule has 1 nitrogen and oxygen atoms in total. The Morgan fingerprint density at radius 3 is 2.25 bits per heavy atom. The van der Waals surface area contributed by atoms with E-state index in [4.69, 9.17) is 0 Å². The zero-order valence-electron chi connectivity index (χ0n) is 11.3. The third-order valence-corrected chi connectivity index (χ3v) is 2.46. The number of hydrogen-bond acceptors (Lipinski definition) is 1. The Balaban J connectivity index is 0.00000106. The van der Waals surface area contributed by atoms with Gasteiger partial charge in [-0.25, -0.2) is 0 Å². The van der Waals surface area contributed by atoms with Gasteiger partial charge in [-0.3, -0.25) is 4.98 Å². The second-order valence-electron chi connectivity index (χ2n) is 5.12. The van der Waals surface area contributed by atoms with Gasteiger partial charge in [-0.2, -0.15) is 0 Å². The molecule has 0 aliphatic carbocycles. The van der Waals surface area contributed by atoms with E-state index in [1.807, 2.05) is 18.9 Å². The molecule has 92 valence electrons. The first-order valence-electron chi connectivity index (χ1n) is 6.01. The summed E-state index contributed by atoms with van der Waals surface area (Å²) >= 11 is 0. The van der Waals surface area contributed by atoms with Crippen molar-refractivity contribution in [2.75, 3.05) is 6.66 Å². The van der Waals surface area contributed by atoms with E-state index in [0.29, 0.717) is 11.3 Å². The Morgan fingerprint density at radius 1 is 1.25 bits per heavy atom. The van der Waals surface area contributed by atoms with Gasteiger partial charge in [-0.15, -0.1) is 9.24 Å². The van der Waals surface area contributed by atoms with Crippen molar-refractivity contribution in [3.63, 3.8) is 0 Å². The Kier molecular flexibility index (Phi) is 7.58. The van der Waals surface area contributed by atoms with E-state index in [0.717, 1.165) is 0 Å². The van der Waals surface area contributed by atoms with Crippen LogP contribution in [0.3, 0.4) is 0 Å². The van der Waals surface area contributed by atoms with Gasteiger partial charge in [-0.1, -0.05) is 40.4 Å². The predicted octanol–water partition coefficient (Wildman–Crippen LogP) is 4.50. The molecule has 0 amide bonds. The maximum absolute atomic E-state index is 4.43. The SMILES string of the molecule is CCC(CC(C)(C)C)c1ccccn1.CP. The summed E-state index contributed by atoms with van der Waals surface area (Å²) in [4.78, 5) is 4.43. The molecule has 1 aromatic rings. The maximum atomic E-state index is 4.43. The first-order chi connectivity index (χ1) is 7.53. The standard InChI is InChI=1S/C13H21N.CH5P/c1-5-11(10-13(2,3)4)12-8-6-7-9-14-12;1-2/h6-9,11H,5,10H2,1-4H3;2H2,1H3. The molecular weight excluding hydrogens is 213 g/mol. The molecule has 16 heavy (non-hydrogen) atoms. The summed E-state index contributed by atoms with van der Waals surface area (Å²) in [5.74, 6) is 0.608. The van der Waals surface area contributed by atoms with Gasteiger partial charge in [-0.05, 0) is 30.4 Å². The smallest absolute Gasteiger partial charge is 0.0434 e. The summed E-state index contributed by atoms with van der Waals surface area (Å²) in [6.07, 6.45) is 4.27. The van der Waals surface area contributed by atoms with Crippen LogP contribution in [-0.4, -0.2) is 11.6 Å². The minimum Gasteiger partial charge on any atom is -0.261 e. The third kappa shape index (κ3) is 6.23. The molecule has 2 atom stereocenters. The van der Waals surface area contributed by atoms with Crippen LogP contribution in [-0.2, 0) is 0 Å². The third-order valence-electron chi connectivity index (χ3n) is 2.46. The van der Waals surface area contributed by atoms with E-state index < -0.39 is 0 Å². The van der Waals surface area contributed by atoms with Crippen molar-refractivity contribution in [2.45, 2.75) is 46.5 Å². The highest BCUT2D eigenvalue weighted by Crippen LogP contribution is 2.32. The summed E-state index contributed by atoms with van der Waals surface area (Å²) in [6, 6.07) is 6.20. The lowest BCUT2D eigenvalue weighted by atomic mass is 9.82. The number of rotatable bonds is 3. The Hall–Kier alpha value is -0.420. The van der Waals surface area contributed by atoms with Crippen LogP contribution in [0, 0.1) is 5.41 Å². The average molecular weight is 239 g/mol. The monoisotopic (exact) mass is 239 g/mol. The quantitative estimate of drug-likeness (QED) is 0.707. The summed E-state index contributed by atoms with van der Waals surface area (Å²) in [5.41, 5.74) is 1.63. The minimum absolute atomic E-state index is 0.387. The van der Waals surface area contributed by atoms with E-state index in [2.05, 4.69) is 54.1 Å². The lowest BCUT2D eigenvalue weighted by Crippen LogP contribution is -2.12. The van der Waals surface area contributed by atoms with Crippen LogP contribution in [0.15, 0.2) is 24.4 Å². The predicted molar refractivity (Wildman–Crippen MR) is 77.0 cm³/mol. The lowest BCUT2D eigenvalue weighted by Gasteiger charge is -2.24. The van der Waals surface area contributed by atoms with E-state index in [9.17, 15) is 0 Å². The van der Waals surface area contributed by atoms with E-state index in [1.165, 1.54) is 18.5 Å². The van der Waals surface area contributed by atoms with Gasteiger partial charge in [0.25, 0.3) is 0 Å². The van der Waals surface area contributed by atoms with Crippen LogP contribution in [0.4, 0.5) is 0 Å². The summed E-state index contributed by atoms with van der Waals surface area (Å²) in [6.45, 7) is 11.0. The van der Waals surface area contributed by atoms with E-state index in [1.54, 1.807) is 0 Å². The van der Waals surface area contributed by atoms with Crippen LogP contribution < -0.4 is 0 Å². The van der Waals surface area contributed by atoms with E-state index in [-0.39, 0.29) is 0 Å². The van der Waals surface area contributed by atoms with Crippen molar-refractivity contribution in [2.24, 2.45) is 5.41 Å². The maximum Gasteiger partial charge on any atom is 0.0434 e. The van der Waals surface area contributed by atoms with Crippen molar-refractivity contribution in [3.8, 4) is 0 Å². The molecule has 0 aliphatic heterocycles. The van der Waals surface area contributed by atoms with Gasteiger partial charge >= 0.3 is 0 Å². The zero-order chi connectivity index (χ0) is 12.6. The van der Waals surface area contributed by atoms with Gasteiger partial charge in [0.2, 0.25) is 0 Å². The molecule has 0 spiro atoms. The zero-order valence-corrected chi connectivity index (χ0v) is 12.5. The molecule has 1 rings (SSSR count). The van der Waals surface area contributed by atoms with Gasteiger partial charge < -0.3 is 0 Å². The highest BCUT2D eigenvalue weighted by atomic mass is 31.0. The Labute approximate surface area is 103 Å². The van der Waals surface area contributed by atoms with Gasteiger partial charge in [0.15, 0.2) is 0 Å². The topological polar surface area (TPSA) is 12.9 Å². The van der Waals surface area contributed by atoms with Crippen molar-refractivity contribution >= 4 is 9.24 Å². The molecule has 0 saturated carbocycles. The molecule has 0 fully saturated rings. The Morgan fingerprint density at radius 2 is 1.88 bits per heavy atom. The Bertz CT molecular complexity index is 264. The molecule has 0 N–H and O–H groups in total. The number of nitrogens with zero attached hydrogens (tertiary/aromatic N) is 1. The number of hydrogen-bond donors (Lipinski definition) is 0. The molecule has 0 bridgehead atoms. The summed E-state index contributed by atoms with van der Waals surface area (Å²) < 4.78 is 0. The van der Waals surface area contributed by atoms with Crippen molar-refractivity contribution < 1.29 is 0 Å². The molecule has 0 radical (unpaired) electrons. The highest BCUT2D eigenvalue weighted by Gasteiger charge is 2.19. The average Bonchev–Trinajstić information content (AvgIpc) is 2.29. The van der Waals surface area contributed by atoms with Crippen LogP contribution in [0.5, 0.6) is 0 Å². The molecule has 0 saturated heterocycles. The second-order valence-corrected chi connectivity index (χ2v) is 5.12. The fraction of sp³-hybridized carbons (Fsp3) is 0.643. The van der Waals surface area contributed by atoms with Gasteiger partial charge in [0.05, 0.1) is 0 Å². The van der Waals surface area contributed by atoms with Crippen LogP contribution >= 0.6 is 9.24 Å². The van der Waals surface area contributed by atoms with Crippen LogP contribution in [0.25, 0.3) is 0 Å². The first-order valence-corrected chi connectivity index (χ1v) is 7.17. The highest BCUT2D eigenvalue weighted by molar-refractivity contribution is 7.15. The number of aromatic nitrogens is 1. The molecule has 1 heterocycles. The molecule has 2 unspecified atom stereocenters. The molecule has 1 aromatic heterocycles. The summed E-state index contributed by atoms with van der Waals surface area (Å²) in [5, 5.41) is 0. The van der Waals surface area contributed by atoms with E-state index >= 15 is 0 Å². The van der Waals surface area contributed by atoms with Crippen LogP contribution in [0.1, 0.15) is 52.1 Å². The van der Waals surface area contributed by atoms with Crippen molar-refractivity contribution in [3.05, 3.63) is 30.1 Å².